The third-order valence-electron chi connectivity index (χ3n) is 4.16. The number of rotatable bonds is 5. The van der Waals surface area contributed by atoms with Gasteiger partial charge in [-0.05, 0) is 31.2 Å². The van der Waals surface area contributed by atoms with E-state index in [1.165, 1.54) is 24.3 Å². The summed E-state index contributed by atoms with van der Waals surface area (Å²) in [6.45, 7) is 1.35. The summed E-state index contributed by atoms with van der Waals surface area (Å²) in [7, 11) is 0. The van der Waals surface area contributed by atoms with Gasteiger partial charge in [0.25, 0.3) is 0 Å². The van der Waals surface area contributed by atoms with Crippen molar-refractivity contribution in [2.24, 2.45) is 0 Å². The lowest BCUT2D eigenvalue weighted by molar-refractivity contribution is -0.138. The number of halogens is 3. The molecule has 0 bridgehead atoms. The van der Waals surface area contributed by atoms with Gasteiger partial charge in [-0.3, -0.25) is 5.32 Å². The Morgan fingerprint density at radius 3 is 2.52 bits per heavy atom. The fourth-order valence-corrected chi connectivity index (χ4v) is 2.84. The number of carbonyl (C=O) groups is 2. The standard InChI is InChI=1S/C21H16F3NO6/c1-2-29-20(28)25-13-7-8-14-12(9-18(26)31-17(14)10-13)11-30-19(27)15-5-3-4-6-16(15)21(22,23)24/h3-10H,2,11H2,1H3,(H,25,28). The molecule has 0 saturated carbocycles. The number of fused-ring (bicyclic) bond motifs is 1. The summed E-state index contributed by atoms with van der Waals surface area (Å²) in [4.78, 5) is 35.7. The molecule has 3 aromatic rings. The second kappa shape index (κ2) is 8.90. The fourth-order valence-electron chi connectivity index (χ4n) is 2.84. The van der Waals surface area contributed by atoms with Crippen molar-refractivity contribution in [2.75, 3.05) is 11.9 Å². The van der Waals surface area contributed by atoms with Crippen LogP contribution in [-0.4, -0.2) is 18.7 Å². The Kier molecular flexibility index (Phi) is 6.28. The van der Waals surface area contributed by atoms with Gasteiger partial charge in [0.15, 0.2) is 0 Å². The number of esters is 1. The third kappa shape index (κ3) is 5.21. The highest BCUT2D eigenvalue weighted by atomic mass is 19.4. The van der Waals surface area contributed by atoms with Crippen molar-refractivity contribution in [2.45, 2.75) is 19.7 Å². The summed E-state index contributed by atoms with van der Waals surface area (Å²) < 4.78 is 54.2. The number of hydrogen-bond donors (Lipinski definition) is 1. The predicted molar refractivity (Wildman–Crippen MR) is 104 cm³/mol. The Bertz CT molecular complexity index is 1190. The number of hydrogen-bond acceptors (Lipinski definition) is 6. The van der Waals surface area contributed by atoms with Gasteiger partial charge in [-0.2, -0.15) is 13.2 Å². The monoisotopic (exact) mass is 435 g/mol. The van der Waals surface area contributed by atoms with Crippen LogP contribution >= 0.6 is 0 Å². The topological polar surface area (TPSA) is 94.8 Å². The van der Waals surface area contributed by atoms with Crippen molar-refractivity contribution in [1.29, 1.82) is 0 Å². The summed E-state index contributed by atoms with van der Waals surface area (Å²) in [6.07, 6.45) is -5.42. The van der Waals surface area contributed by atoms with Crippen LogP contribution in [0.25, 0.3) is 11.0 Å². The highest BCUT2D eigenvalue weighted by Crippen LogP contribution is 2.32. The van der Waals surface area contributed by atoms with E-state index < -0.39 is 41.6 Å². The molecule has 0 aliphatic heterocycles. The quantitative estimate of drug-likeness (QED) is 0.460. The van der Waals surface area contributed by atoms with E-state index in [0.717, 1.165) is 24.3 Å². The molecular formula is C21H16F3NO6. The summed E-state index contributed by atoms with van der Waals surface area (Å²) in [6, 6.07) is 9.70. The van der Waals surface area contributed by atoms with E-state index >= 15 is 0 Å². The maximum absolute atomic E-state index is 13.1. The first-order chi connectivity index (χ1) is 14.7. The zero-order chi connectivity index (χ0) is 22.6. The van der Waals surface area contributed by atoms with Crippen molar-refractivity contribution in [3.63, 3.8) is 0 Å². The summed E-state index contributed by atoms with van der Waals surface area (Å²) in [5, 5.41) is 2.83. The average Bonchev–Trinajstić information content (AvgIpc) is 2.71. The van der Waals surface area contributed by atoms with Crippen LogP contribution in [0.4, 0.5) is 23.7 Å². The van der Waals surface area contributed by atoms with E-state index in [1.54, 1.807) is 6.92 Å². The van der Waals surface area contributed by atoms with Crippen LogP contribution < -0.4 is 10.9 Å². The average molecular weight is 435 g/mol. The van der Waals surface area contributed by atoms with Crippen molar-refractivity contribution >= 4 is 28.7 Å². The van der Waals surface area contributed by atoms with Gasteiger partial charge in [-0.1, -0.05) is 12.1 Å². The molecular weight excluding hydrogens is 419 g/mol. The van der Waals surface area contributed by atoms with E-state index in [0.29, 0.717) is 11.1 Å². The maximum atomic E-state index is 13.1. The first kappa shape index (κ1) is 21.9. The molecule has 0 saturated heterocycles. The molecule has 0 atom stereocenters. The van der Waals surface area contributed by atoms with Gasteiger partial charge in [0.2, 0.25) is 0 Å². The van der Waals surface area contributed by atoms with E-state index in [-0.39, 0.29) is 17.8 Å². The lowest BCUT2D eigenvalue weighted by Gasteiger charge is -2.13. The van der Waals surface area contributed by atoms with Crippen molar-refractivity contribution in [3.05, 3.63) is 75.6 Å². The third-order valence-corrected chi connectivity index (χ3v) is 4.16. The number of anilines is 1. The molecule has 3 rings (SSSR count). The number of benzene rings is 2. The van der Waals surface area contributed by atoms with Crippen molar-refractivity contribution in [3.8, 4) is 0 Å². The molecule has 0 unspecified atom stereocenters. The number of nitrogens with one attached hydrogen (secondary N) is 1. The van der Waals surface area contributed by atoms with E-state index in [1.807, 2.05) is 0 Å². The number of ether oxygens (including phenoxy) is 2. The molecule has 0 spiro atoms. The maximum Gasteiger partial charge on any atom is 0.417 e. The summed E-state index contributed by atoms with van der Waals surface area (Å²) in [5.41, 5.74) is -1.91. The molecule has 1 N–H and O–H groups in total. The second-order valence-electron chi connectivity index (χ2n) is 6.27. The molecule has 7 nitrogen and oxygen atoms in total. The molecule has 1 heterocycles. The number of amides is 1. The Morgan fingerprint density at radius 2 is 1.81 bits per heavy atom. The van der Waals surface area contributed by atoms with Crippen LogP contribution in [0.3, 0.4) is 0 Å². The lowest BCUT2D eigenvalue weighted by Crippen LogP contribution is -2.15. The highest BCUT2D eigenvalue weighted by molar-refractivity contribution is 5.92. The number of alkyl halides is 3. The normalized spacial score (nSPS) is 11.2. The van der Waals surface area contributed by atoms with E-state index in [9.17, 15) is 27.6 Å². The first-order valence-corrected chi connectivity index (χ1v) is 9.03. The van der Waals surface area contributed by atoms with Gasteiger partial charge < -0.3 is 13.9 Å². The zero-order valence-electron chi connectivity index (χ0n) is 16.1. The largest absolute Gasteiger partial charge is 0.457 e. The molecule has 1 amide bonds. The van der Waals surface area contributed by atoms with Crippen LogP contribution in [0.15, 0.2) is 57.7 Å². The Balaban J connectivity index is 1.85. The van der Waals surface area contributed by atoms with Gasteiger partial charge in [-0.25, -0.2) is 14.4 Å². The minimum Gasteiger partial charge on any atom is -0.457 e. The predicted octanol–water partition coefficient (Wildman–Crippen LogP) is 4.74. The van der Waals surface area contributed by atoms with E-state index in [2.05, 4.69) is 5.32 Å². The number of carbonyl (C=O) groups excluding carboxylic acids is 2. The minimum absolute atomic E-state index is 0.0866. The molecule has 31 heavy (non-hydrogen) atoms. The Hall–Kier alpha value is -3.82. The summed E-state index contributed by atoms with van der Waals surface area (Å²) in [5.74, 6) is -1.19. The Morgan fingerprint density at radius 1 is 1.06 bits per heavy atom. The molecule has 162 valence electrons. The SMILES string of the molecule is CCOC(=O)Nc1ccc2c(COC(=O)c3ccccc3C(F)(F)F)cc(=O)oc2c1. The lowest BCUT2D eigenvalue weighted by atomic mass is 10.1. The van der Waals surface area contributed by atoms with Gasteiger partial charge in [0.05, 0.1) is 17.7 Å². The molecule has 2 aromatic carbocycles. The zero-order valence-corrected chi connectivity index (χ0v) is 16.1. The molecule has 0 fully saturated rings. The molecule has 0 aliphatic carbocycles. The van der Waals surface area contributed by atoms with Gasteiger partial charge in [0, 0.05) is 28.8 Å². The second-order valence-corrected chi connectivity index (χ2v) is 6.27. The van der Waals surface area contributed by atoms with Crippen molar-refractivity contribution < 1.29 is 36.7 Å². The summed E-state index contributed by atoms with van der Waals surface area (Å²) >= 11 is 0. The Labute approximate surface area is 173 Å². The highest BCUT2D eigenvalue weighted by Gasteiger charge is 2.35. The molecule has 1 aromatic heterocycles. The van der Waals surface area contributed by atoms with Gasteiger partial charge in [-0.15, -0.1) is 0 Å². The van der Waals surface area contributed by atoms with Gasteiger partial charge in [0.1, 0.15) is 12.2 Å². The van der Waals surface area contributed by atoms with Crippen LogP contribution in [-0.2, 0) is 22.3 Å². The smallest absolute Gasteiger partial charge is 0.417 e. The molecule has 10 heteroatoms. The van der Waals surface area contributed by atoms with Crippen LogP contribution in [0, 0.1) is 0 Å². The first-order valence-electron chi connectivity index (χ1n) is 9.03. The van der Waals surface area contributed by atoms with Crippen LogP contribution in [0.2, 0.25) is 0 Å². The van der Waals surface area contributed by atoms with Crippen molar-refractivity contribution in [1.82, 2.24) is 0 Å². The fraction of sp³-hybridized carbons (Fsp3) is 0.190. The minimum atomic E-state index is -4.72. The van der Waals surface area contributed by atoms with E-state index in [4.69, 9.17) is 13.9 Å². The molecule has 0 radical (unpaired) electrons. The van der Waals surface area contributed by atoms with Gasteiger partial charge >= 0.3 is 23.9 Å². The van der Waals surface area contributed by atoms with Crippen LogP contribution in [0.5, 0.6) is 0 Å². The molecule has 0 aliphatic rings. The van der Waals surface area contributed by atoms with Crippen LogP contribution in [0.1, 0.15) is 28.4 Å².